The zero-order valence-corrected chi connectivity index (χ0v) is 5.26. The lowest BCUT2D eigenvalue weighted by molar-refractivity contribution is -0.141. The number of nitrogens with zero attached hydrogens (tertiary/aromatic N) is 1. The van der Waals surface area contributed by atoms with Gasteiger partial charge in [-0.1, -0.05) is 11.3 Å². The predicted octanol–water partition coefficient (Wildman–Crippen LogP) is 2.30. The summed E-state index contributed by atoms with van der Waals surface area (Å²) in [4.78, 5) is 2.61. The van der Waals surface area contributed by atoms with Crippen molar-refractivity contribution in [3.05, 3.63) is 16.3 Å². The van der Waals surface area contributed by atoms with E-state index < -0.39 is 17.1 Å². The molecule has 0 saturated heterocycles. The van der Waals surface area contributed by atoms with Gasteiger partial charge in [0.2, 0.25) is 0 Å². The van der Waals surface area contributed by atoms with Gasteiger partial charge >= 0.3 is 6.18 Å². The Hall–Kier alpha value is -0.650. The van der Waals surface area contributed by atoms with Crippen molar-refractivity contribution in [2.24, 2.45) is 0 Å². The summed E-state index contributed by atoms with van der Waals surface area (Å²) in [6.45, 7) is 0. The van der Waals surface area contributed by atoms with E-state index in [2.05, 4.69) is 4.98 Å². The first-order valence-corrected chi connectivity index (χ1v) is 3.06. The van der Waals surface area contributed by atoms with Gasteiger partial charge in [-0.2, -0.15) is 17.6 Å². The molecule has 1 nitrogen and oxygen atoms in total. The van der Waals surface area contributed by atoms with Crippen molar-refractivity contribution in [3.8, 4) is 0 Å². The molecule has 0 aliphatic heterocycles. The summed E-state index contributed by atoms with van der Waals surface area (Å²) in [6.07, 6.45) is -4.53. The Morgan fingerprint density at radius 3 is 2.20 bits per heavy atom. The molecule has 0 unspecified atom stereocenters. The van der Waals surface area contributed by atoms with Gasteiger partial charge in [-0.05, 0) is 0 Å². The van der Waals surface area contributed by atoms with E-state index in [1.165, 1.54) is 0 Å². The first-order valence-electron chi connectivity index (χ1n) is 2.18. The molecule has 1 rings (SSSR count). The third-order valence-corrected chi connectivity index (χ3v) is 1.39. The summed E-state index contributed by atoms with van der Waals surface area (Å²) in [5.74, 6) is 0. The Balaban J connectivity index is 2.96. The minimum absolute atomic E-state index is 0.333. The summed E-state index contributed by atoms with van der Waals surface area (Å²) >= 11 is 0.333. The highest BCUT2D eigenvalue weighted by molar-refractivity contribution is 7.08. The van der Waals surface area contributed by atoms with E-state index in [0.29, 0.717) is 16.7 Å². The standard InChI is InChI=1S/C4HF4NS/c5-3-9-2(1-10-3)4(6,7)8/h1H. The molecule has 0 saturated carbocycles. The smallest absolute Gasteiger partial charge is 0.205 e. The van der Waals surface area contributed by atoms with E-state index in [0.717, 1.165) is 0 Å². The largest absolute Gasteiger partial charge is 0.434 e. The molecule has 0 atom stereocenters. The van der Waals surface area contributed by atoms with Crippen LogP contribution in [0.15, 0.2) is 5.38 Å². The molecule has 10 heavy (non-hydrogen) atoms. The van der Waals surface area contributed by atoms with Crippen LogP contribution >= 0.6 is 11.3 Å². The van der Waals surface area contributed by atoms with Crippen LogP contribution < -0.4 is 0 Å². The van der Waals surface area contributed by atoms with Crippen LogP contribution in [0, 0.1) is 5.26 Å². The normalized spacial score (nSPS) is 12.0. The van der Waals surface area contributed by atoms with Crippen LogP contribution in [0.25, 0.3) is 0 Å². The van der Waals surface area contributed by atoms with Crippen LogP contribution in [-0.2, 0) is 6.18 Å². The zero-order valence-electron chi connectivity index (χ0n) is 4.44. The van der Waals surface area contributed by atoms with Gasteiger partial charge in [0, 0.05) is 5.38 Å². The van der Waals surface area contributed by atoms with Crippen molar-refractivity contribution in [1.29, 1.82) is 0 Å². The molecule has 0 bridgehead atoms. The minimum atomic E-state index is -4.53. The van der Waals surface area contributed by atoms with Crippen LogP contribution in [0.5, 0.6) is 0 Å². The molecule has 0 aliphatic rings. The Kier molecular flexibility index (Phi) is 1.63. The summed E-state index contributed by atoms with van der Waals surface area (Å²) in [5.41, 5.74) is -1.17. The number of hydrogen-bond acceptors (Lipinski definition) is 2. The van der Waals surface area contributed by atoms with Gasteiger partial charge < -0.3 is 0 Å². The molecule has 1 aromatic rings. The number of thiazole rings is 1. The third-order valence-electron chi connectivity index (χ3n) is 0.767. The summed E-state index contributed by atoms with van der Waals surface area (Å²) in [5, 5.41) is -0.428. The highest BCUT2D eigenvalue weighted by Crippen LogP contribution is 2.29. The molecule has 0 N–H and O–H groups in total. The Bertz CT molecular complexity index is 227. The summed E-state index contributed by atoms with van der Waals surface area (Å²) < 4.78 is 46.6. The van der Waals surface area contributed by atoms with Crippen LogP contribution in [0.2, 0.25) is 0 Å². The lowest BCUT2D eigenvalue weighted by atomic mass is 10.5. The molecule has 6 heteroatoms. The number of hydrogen-bond donors (Lipinski definition) is 0. The van der Waals surface area contributed by atoms with Crippen LogP contribution in [0.1, 0.15) is 5.69 Å². The van der Waals surface area contributed by atoms with E-state index >= 15 is 0 Å². The van der Waals surface area contributed by atoms with Gasteiger partial charge in [0.15, 0.2) is 5.69 Å². The van der Waals surface area contributed by atoms with Crippen molar-refractivity contribution in [3.63, 3.8) is 0 Å². The van der Waals surface area contributed by atoms with E-state index in [1.807, 2.05) is 0 Å². The Morgan fingerprint density at radius 1 is 1.40 bits per heavy atom. The minimum Gasteiger partial charge on any atom is -0.205 e. The third kappa shape index (κ3) is 1.44. The fourth-order valence-corrected chi connectivity index (χ4v) is 0.928. The highest BCUT2D eigenvalue weighted by Gasteiger charge is 2.33. The predicted molar refractivity (Wildman–Crippen MR) is 27.1 cm³/mol. The second-order valence-electron chi connectivity index (χ2n) is 1.48. The van der Waals surface area contributed by atoms with Crippen molar-refractivity contribution in [2.45, 2.75) is 6.18 Å². The zero-order chi connectivity index (χ0) is 7.78. The van der Waals surface area contributed by atoms with Gasteiger partial charge in [0.25, 0.3) is 5.26 Å². The molecule has 0 spiro atoms. The van der Waals surface area contributed by atoms with E-state index in [1.54, 1.807) is 0 Å². The first-order chi connectivity index (χ1) is 4.50. The number of aromatic nitrogens is 1. The number of rotatable bonds is 0. The lowest BCUT2D eigenvalue weighted by Gasteiger charge is -1.98. The van der Waals surface area contributed by atoms with Gasteiger partial charge in [-0.15, -0.1) is 0 Å². The maximum absolute atomic E-state index is 11.9. The van der Waals surface area contributed by atoms with E-state index in [4.69, 9.17) is 0 Å². The molecule has 0 radical (unpaired) electrons. The highest BCUT2D eigenvalue weighted by atomic mass is 32.1. The summed E-state index contributed by atoms with van der Waals surface area (Å²) in [7, 11) is 0. The Morgan fingerprint density at radius 2 is 2.00 bits per heavy atom. The molecular formula is C4HF4NS. The molecular weight excluding hydrogens is 170 g/mol. The fraction of sp³-hybridized carbons (Fsp3) is 0.250. The maximum atomic E-state index is 11.9. The van der Waals surface area contributed by atoms with Crippen molar-refractivity contribution < 1.29 is 17.6 Å². The molecule has 0 aromatic carbocycles. The Labute approximate surface area is 57.3 Å². The maximum Gasteiger partial charge on any atom is 0.434 e. The average molecular weight is 171 g/mol. The average Bonchev–Trinajstić information content (AvgIpc) is 2.11. The van der Waals surface area contributed by atoms with Crippen LogP contribution in [-0.4, -0.2) is 4.98 Å². The van der Waals surface area contributed by atoms with Crippen molar-refractivity contribution >= 4 is 11.3 Å². The topological polar surface area (TPSA) is 12.9 Å². The van der Waals surface area contributed by atoms with Crippen molar-refractivity contribution in [2.75, 3.05) is 0 Å². The van der Waals surface area contributed by atoms with Gasteiger partial charge in [0.05, 0.1) is 0 Å². The molecule has 56 valence electrons. The SMILES string of the molecule is Fc1nc(C(F)(F)F)cs1. The van der Waals surface area contributed by atoms with E-state index in [9.17, 15) is 17.6 Å². The molecule has 1 aromatic heterocycles. The molecule has 1 heterocycles. The second kappa shape index (κ2) is 2.19. The summed E-state index contributed by atoms with van der Waals surface area (Å²) in [6, 6.07) is 0. The van der Waals surface area contributed by atoms with Gasteiger partial charge in [-0.25, -0.2) is 4.98 Å². The molecule has 0 aliphatic carbocycles. The van der Waals surface area contributed by atoms with Gasteiger partial charge in [0.1, 0.15) is 0 Å². The second-order valence-corrected chi connectivity index (χ2v) is 2.29. The number of halogens is 4. The van der Waals surface area contributed by atoms with Crippen molar-refractivity contribution in [1.82, 2.24) is 4.98 Å². The first kappa shape index (κ1) is 7.46. The lowest BCUT2D eigenvalue weighted by Crippen LogP contribution is -2.04. The van der Waals surface area contributed by atoms with Gasteiger partial charge in [-0.3, -0.25) is 0 Å². The molecule has 0 amide bonds. The van der Waals surface area contributed by atoms with Crippen LogP contribution in [0.4, 0.5) is 17.6 Å². The monoisotopic (exact) mass is 171 g/mol. The number of alkyl halides is 3. The fourth-order valence-electron chi connectivity index (χ4n) is 0.382. The molecule has 0 fully saturated rings. The van der Waals surface area contributed by atoms with E-state index in [-0.39, 0.29) is 0 Å². The quantitative estimate of drug-likeness (QED) is 0.546. The van der Waals surface area contributed by atoms with Crippen LogP contribution in [0.3, 0.4) is 0 Å².